The van der Waals surface area contributed by atoms with Crippen molar-refractivity contribution in [2.75, 3.05) is 20.1 Å². The predicted octanol–water partition coefficient (Wildman–Crippen LogP) is 2.07. The van der Waals surface area contributed by atoms with E-state index in [0.29, 0.717) is 25.2 Å². The largest absolute Gasteiger partial charge is 0.341 e. The van der Waals surface area contributed by atoms with Crippen LogP contribution >= 0.6 is 0 Å². The van der Waals surface area contributed by atoms with Crippen LogP contribution in [0.5, 0.6) is 0 Å². The van der Waals surface area contributed by atoms with Crippen LogP contribution in [0, 0.1) is 11.7 Å². The number of amides is 2. The number of carbonyl (C=O) groups is 2. The van der Waals surface area contributed by atoms with E-state index in [-0.39, 0.29) is 23.5 Å². The van der Waals surface area contributed by atoms with Crippen molar-refractivity contribution in [2.45, 2.75) is 19.4 Å². The molecular formula is C19H23FN4O2. The molecule has 1 saturated heterocycles. The van der Waals surface area contributed by atoms with E-state index in [1.807, 2.05) is 13.2 Å². The third-order valence-corrected chi connectivity index (χ3v) is 4.70. The van der Waals surface area contributed by atoms with E-state index in [0.717, 1.165) is 18.4 Å². The number of carbonyl (C=O) groups excluding carboxylic acids is 2. The van der Waals surface area contributed by atoms with Crippen molar-refractivity contribution in [2.24, 2.45) is 13.0 Å². The van der Waals surface area contributed by atoms with E-state index in [1.54, 1.807) is 27.7 Å². The second-order valence-corrected chi connectivity index (χ2v) is 6.81. The molecule has 0 spiro atoms. The fourth-order valence-electron chi connectivity index (χ4n) is 3.36. The molecule has 138 valence electrons. The minimum Gasteiger partial charge on any atom is -0.341 e. The van der Waals surface area contributed by atoms with Crippen molar-refractivity contribution in [1.82, 2.24) is 19.6 Å². The summed E-state index contributed by atoms with van der Waals surface area (Å²) < 4.78 is 14.8. The van der Waals surface area contributed by atoms with Gasteiger partial charge in [0.05, 0.1) is 12.1 Å². The van der Waals surface area contributed by atoms with Crippen LogP contribution < -0.4 is 0 Å². The highest BCUT2D eigenvalue weighted by atomic mass is 19.1. The zero-order chi connectivity index (χ0) is 18.7. The molecule has 0 aliphatic carbocycles. The second-order valence-electron chi connectivity index (χ2n) is 6.81. The Morgan fingerprint density at radius 1 is 1.31 bits per heavy atom. The molecule has 0 radical (unpaired) electrons. The van der Waals surface area contributed by atoms with Gasteiger partial charge in [0.25, 0.3) is 5.91 Å². The van der Waals surface area contributed by atoms with Crippen LogP contribution in [0.1, 0.15) is 28.8 Å². The summed E-state index contributed by atoms with van der Waals surface area (Å²) in [6.45, 7) is 1.51. The van der Waals surface area contributed by atoms with Crippen molar-refractivity contribution in [3.63, 3.8) is 0 Å². The average molecular weight is 358 g/mol. The Morgan fingerprint density at radius 2 is 2.04 bits per heavy atom. The maximum absolute atomic E-state index is 13.0. The summed E-state index contributed by atoms with van der Waals surface area (Å²) in [7, 11) is 3.61. The Balaban J connectivity index is 1.62. The normalized spacial score (nSPS) is 17.2. The summed E-state index contributed by atoms with van der Waals surface area (Å²) in [4.78, 5) is 28.8. The molecule has 0 N–H and O–H groups in total. The van der Waals surface area contributed by atoms with Crippen molar-refractivity contribution < 1.29 is 14.0 Å². The van der Waals surface area contributed by atoms with Gasteiger partial charge in [-0.05, 0) is 37.1 Å². The Hall–Kier alpha value is -2.70. The van der Waals surface area contributed by atoms with Crippen LogP contribution in [-0.4, -0.2) is 51.5 Å². The molecule has 1 fully saturated rings. The number of benzene rings is 1. The van der Waals surface area contributed by atoms with Crippen LogP contribution in [0.3, 0.4) is 0 Å². The number of rotatable bonds is 4. The van der Waals surface area contributed by atoms with Gasteiger partial charge in [-0.2, -0.15) is 5.10 Å². The lowest BCUT2D eigenvalue weighted by Gasteiger charge is -2.34. The third kappa shape index (κ3) is 4.09. The standard InChI is InChI=1S/C19H23FN4O2/c1-22(11-14-10-21-23(2)12-14)18(25)16-4-3-9-24(13-16)19(26)15-5-7-17(20)8-6-15/h5-8,10,12,16H,3-4,9,11,13H2,1-2H3. The number of piperidine rings is 1. The molecule has 1 aliphatic rings. The maximum Gasteiger partial charge on any atom is 0.253 e. The zero-order valence-electron chi connectivity index (χ0n) is 15.1. The molecule has 3 rings (SSSR count). The summed E-state index contributed by atoms with van der Waals surface area (Å²) in [6.07, 6.45) is 5.18. The molecule has 1 unspecified atom stereocenters. The third-order valence-electron chi connectivity index (χ3n) is 4.70. The molecule has 0 saturated carbocycles. The van der Waals surface area contributed by atoms with E-state index >= 15 is 0 Å². The molecule has 1 aromatic heterocycles. The fourth-order valence-corrected chi connectivity index (χ4v) is 3.36. The molecule has 2 amide bonds. The molecule has 7 heteroatoms. The average Bonchev–Trinajstić information content (AvgIpc) is 3.06. The van der Waals surface area contributed by atoms with Gasteiger partial charge in [0.1, 0.15) is 5.82 Å². The van der Waals surface area contributed by atoms with E-state index in [1.165, 1.54) is 24.3 Å². The fraction of sp³-hybridized carbons (Fsp3) is 0.421. The summed E-state index contributed by atoms with van der Waals surface area (Å²) in [5, 5.41) is 4.12. The SMILES string of the molecule is CN(Cc1cnn(C)c1)C(=O)C1CCCN(C(=O)c2ccc(F)cc2)C1. The number of aryl methyl sites for hydroxylation is 1. The van der Waals surface area contributed by atoms with Crippen LogP contribution in [0.2, 0.25) is 0 Å². The molecular weight excluding hydrogens is 335 g/mol. The first-order valence-electron chi connectivity index (χ1n) is 8.71. The van der Waals surface area contributed by atoms with E-state index in [2.05, 4.69) is 5.10 Å². The van der Waals surface area contributed by atoms with Gasteiger partial charge < -0.3 is 9.80 Å². The van der Waals surface area contributed by atoms with Gasteiger partial charge in [0, 0.05) is 51.1 Å². The van der Waals surface area contributed by atoms with Gasteiger partial charge in [-0.3, -0.25) is 14.3 Å². The Kier molecular flexibility index (Phi) is 5.35. The number of halogens is 1. The lowest BCUT2D eigenvalue weighted by Crippen LogP contribution is -2.45. The van der Waals surface area contributed by atoms with Crippen molar-refractivity contribution in [3.8, 4) is 0 Å². The highest BCUT2D eigenvalue weighted by Gasteiger charge is 2.30. The summed E-state index contributed by atoms with van der Waals surface area (Å²) in [5.74, 6) is -0.706. The molecule has 0 bridgehead atoms. The molecule has 1 atom stereocenters. The smallest absolute Gasteiger partial charge is 0.253 e. The Labute approximate surface area is 152 Å². The molecule has 2 aromatic rings. The van der Waals surface area contributed by atoms with E-state index in [9.17, 15) is 14.0 Å². The lowest BCUT2D eigenvalue weighted by atomic mass is 9.96. The quantitative estimate of drug-likeness (QED) is 0.841. The predicted molar refractivity (Wildman–Crippen MR) is 94.7 cm³/mol. The Bertz CT molecular complexity index is 787. The molecule has 26 heavy (non-hydrogen) atoms. The molecule has 1 aliphatic heterocycles. The van der Waals surface area contributed by atoms with Gasteiger partial charge in [0.15, 0.2) is 0 Å². The molecule has 1 aromatic carbocycles. The van der Waals surface area contributed by atoms with Gasteiger partial charge in [-0.15, -0.1) is 0 Å². The minimum absolute atomic E-state index is 0.0328. The van der Waals surface area contributed by atoms with Gasteiger partial charge in [-0.25, -0.2) is 4.39 Å². The molecule has 6 nitrogen and oxygen atoms in total. The lowest BCUT2D eigenvalue weighted by molar-refractivity contribution is -0.136. The summed E-state index contributed by atoms with van der Waals surface area (Å²) >= 11 is 0. The van der Waals surface area contributed by atoms with Crippen LogP contribution in [0.25, 0.3) is 0 Å². The topological polar surface area (TPSA) is 58.4 Å². The minimum atomic E-state index is -0.370. The highest BCUT2D eigenvalue weighted by molar-refractivity contribution is 5.94. The first kappa shape index (κ1) is 18.1. The van der Waals surface area contributed by atoms with E-state index in [4.69, 9.17) is 0 Å². The van der Waals surface area contributed by atoms with Crippen LogP contribution in [0.4, 0.5) is 4.39 Å². The summed E-state index contributed by atoms with van der Waals surface area (Å²) in [6, 6.07) is 5.53. The summed E-state index contributed by atoms with van der Waals surface area (Å²) in [5.41, 5.74) is 1.42. The Morgan fingerprint density at radius 3 is 2.69 bits per heavy atom. The zero-order valence-corrected chi connectivity index (χ0v) is 15.1. The first-order chi connectivity index (χ1) is 12.4. The first-order valence-corrected chi connectivity index (χ1v) is 8.71. The van der Waals surface area contributed by atoms with Gasteiger partial charge in [-0.1, -0.05) is 0 Å². The van der Waals surface area contributed by atoms with Gasteiger partial charge in [0.2, 0.25) is 5.91 Å². The highest BCUT2D eigenvalue weighted by Crippen LogP contribution is 2.21. The van der Waals surface area contributed by atoms with E-state index < -0.39 is 0 Å². The number of hydrogen-bond acceptors (Lipinski definition) is 3. The second kappa shape index (κ2) is 7.68. The molecule has 2 heterocycles. The van der Waals surface area contributed by atoms with Gasteiger partial charge >= 0.3 is 0 Å². The number of nitrogens with zero attached hydrogens (tertiary/aromatic N) is 4. The van der Waals surface area contributed by atoms with Crippen molar-refractivity contribution >= 4 is 11.8 Å². The van der Waals surface area contributed by atoms with Crippen LogP contribution in [0.15, 0.2) is 36.7 Å². The monoisotopic (exact) mass is 358 g/mol. The number of hydrogen-bond donors (Lipinski definition) is 0. The number of aromatic nitrogens is 2. The number of likely N-dealkylation sites (tertiary alicyclic amines) is 1. The van der Waals surface area contributed by atoms with Crippen molar-refractivity contribution in [1.29, 1.82) is 0 Å². The van der Waals surface area contributed by atoms with Crippen LogP contribution in [-0.2, 0) is 18.4 Å². The van der Waals surface area contributed by atoms with Crippen molar-refractivity contribution in [3.05, 3.63) is 53.6 Å². The maximum atomic E-state index is 13.0.